The van der Waals surface area contributed by atoms with Gasteiger partial charge in [0, 0.05) is 14.2 Å². The summed E-state index contributed by atoms with van der Waals surface area (Å²) in [6.45, 7) is 5.13. The summed E-state index contributed by atoms with van der Waals surface area (Å²) in [6.07, 6.45) is -0.196. The van der Waals surface area contributed by atoms with Crippen molar-refractivity contribution in [3.63, 3.8) is 0 Å². The highest BCUT2D eigenvalue weighted by molar-refractivity contribution is 7.07. The highest BCUT2D eigenvalue weighted by Crippen LogP contribution is 2.29. The molecule has 1 fully saturated rings. The van der Waals surface area contributed by atoms with Gasteiger partial charge in [-0.15, -0.1) is 0 Å². The van der Waals surface area contributed by atoms with Crippen LogP contribution in [0.15, 0.2) is 16.8 Å². The van der Waals surface area contributed by atoms with E-state index in [2.05, 4.69) is 30.6 Å². The summed E-state index contributed by atoms with van der Waals surface area (Å²) in [4.78, 5) is 14.6. The van der Waals surface area contributed by atoms with Crippen LogP contribution in [0.2, 0.25) is 0 Å². The van der Waals surface area contributed by atoms with Gasteiger partial charge in [-0.05, 0) is 28.3 Å². The van der Waals surface area contributed by atoms with Crippen LogP contribution in [0.1, 0.15) is 25.6 Å². The van der Waals surface area contributed by atoms with Crippen molar-refractivity contribution in [2.75, 3.05) is 27.4 Å². The van der Waals surface area contributed by atoms with Crippen LogP contribution in [0.25, 0.3) is 0 Å². The minimum atomic E-state index is -0.144. The van der Waals surface area contributed by atoms with E-state index in [4.69, 9.17) is 9.47 Å². The van der Waals surface area contributed by atoms with Crippen molar-refractivity contribution in [2.45, 2.75) is 32.2 Å². The highest BCUT2D eigenvalue weighted by Gasteiger charge is 2.41. The van der Waals surface area contributed by atoms with Gasteiger partial charge in [0.25, 0.3) is 0 Å². The molecule has 1 aliphatic rings. The number of carbonyl (C=O) groups is 1. The lowest BCUT2D eigenvalue weighted by atomic mass is 10.1. The second kappa shape index (κ2) is 7.35. The molecule has 1 N–H and O–H groups in total. The molecular formula is C15H24N2O3S. The highest BCUT2D eigenvalue weighted by atomic mass is 32.1. The zero-order valence-electron chi connectivity index (χ0n) is 13.0. The first kappa shape index (κ1) is 16.4. The van der Waals surface area contributed by atoms with Crippen LogP contribution in [0, 0.1) is 5.92 Å². The molecule has 0 aliphatic carbocycles. The second-order valence-corrected chi connectivity index (χ2v) is 6.43. The largest absolute Gasteiger partial charge is 0.382 e. The third kappa shape index (κ3) is 3.63. The van der Waals surface area contributed by atoms with Crippen molar-refractivity contribution in [1.29, 1.82) is 0 Å². The van der Waals surface area contributed by atoms with Crippen LogP contribution in [-0.2, 0) is 14.3 Å². The van der Waals surface area contributed by atoms with Crippen molar-refractivity contribution in [3.05, 3.63) is 22.4 Å². The van der Waals surface area contributed by atoms with E-state index in [-0.39, 0.29) is 30.1 Å². The average Bonchev–Trinajstić information content (AvgIpc) is 3.07. The monoisotopic (exact) mass is 312 g/mol. The molecule has 1 aromatic rings. The molecule has 0 spiro atoms. The number of nitrogens with zero attached hydrogens (tertiary/aromatic N) is 1. The van der Waals surface area contributed by atoms with E-state index < -0.39 is 0 Å². The predicted molar refractivity (Wildman–Crippen MR) is 83.2 cm³/mol. The molecule has 1 aliphatic heterocycles. The fourth-order valence-electron chi connectivity index (χ4n) is 2.62. The Morgan fingerprint density at radius 2 is 2.19 bits per heavy atom. The van der Waals surface area contributed by atoms with Gasteiger partial charge in [0.1, 0.15) is 6.17 Å². The van der Waals surface area contributed by atoms with Crippen molar-refractivity contribution in [1.82, 2.24) is 10.2 Å². The standard InChI is InChI=1S/C15H24N2O3S/c1-10(2)13-15(18)17(7-12(20-4)8-19-3)14(16-13)11-5-6-21-9-11/h5-6,9-10,12-14,16H,7-8H2,1-4H3. The molecule has 2 heterocycles. The van der Waals surface area contributed by atoms with Gasteiger partial charge >= 0.3 is 0 Å². The molecule has 0 saturated carbocycles. The van der Waals surface area contributed by atoms with E-state index in [0.717, 1.165) is 5.56 Å². The van der Waals surface area contributed by atoms with Gasteiger partial charge < -0.3 is 14.4 Å². The van der Waals surface area contributed by atoms with Crippen molar-refractivity contribution in [2.24, 2.45) is 5.92 Å². The van der Waals surface area contributed by atoms with Gasteiger partial charge in [-0.3, -0.25) is 10.1 Å². The van der Waals surface area contributed by atoms with Gasteiger partial charge in [-0.25, -0.2) is 0 Å². The molecule has 1 aromatic heterocycles. The molecule has 0 bridgehead atoms. The lowest BCUT2D eigenvalue weighted by Gasteiger charge is -2.27. The first-order chi connectivity index (χ1) is 10.1. The quantitative estimate of drug-likeness (QED) is 0.835. The van der Waals surface area contributed by atoms with E-state index in [1.165, 1.54) is 0 Å². The number of hydrogen-bond donors (Lipinski definition) is 1. The van der Waals surface area contributed by atoms with E-state index in [9.17, 15) is 4.79 Å². The normalized spacial score (nSPS) is 24.0. The topological polar surface area (TPSA) is 50.8 Å². The Labute approximate surface area is 130 Å². The number of methoxy groups -OCH3 is 2. The summed E-state index contributed by atoms with van der Waals surface area (Å²) in [6, 6.07) is 1.92. The average molecular weight is 312 g/mol. The molecule has 2 rings (SSSR count). The van der Waals surface area contributed by atoms with Gasteiger partial charge in [-0.1, -0.05) is 13.8 Å². The molecule has 3 unspecified atom stereocenters. The third-order valence-corrected chi connectivity index (χ3v) is 4.51. The van der Waals surface area contributed by atoms with Gasteiger partial charge in [0.15, 0.2) is 0 Å². The molecule has 0 radical (unpaired) electrons. The summed E-state index contributed by atoms with van der Waals surface area (Å²) < 4.78 is 10.6. The van der Waals surface area contributed by atoms with Crippen molar-refractivity contribution < 1.29 is 14.3 Å². The predicted octanol–water partition coefficient (Wildman–Crippen LogP) is 1.86. The summed E-state index contributed by atoms with van der Waals surface area (Å²) in [7, 11) is 3.29. The number of nitrogens with one attached hydrogen (secondary N) is 1. The van der Waals surface area contributed by atoms with Crippen molar-refractivity contribution >= 4 is 17.2 Å². The Morgan fingerprint density at radius 1 is 1.43 bits per heavy atom. The number of carbonyl (C=O) groups excluding carboxylic acids is 1. The molecule has 3 atom stereocenters. The van der Waals surface area contributed by atoms with Crippen LogP contribution >= 0.6 is 11.3 Å². The zero-order valence-corrected chi connectivity index (χ0v) is 13.9. The Kier molecular flexibility index (Phi) is 5.75. The molecule has 1 amide bonds. The van der Waals surface area contributed by atoms with Crippen molar-refractivity contribution in [3.8, 4) is 0 Å². The Hall–Kier alpha value is -0.950. The second-order valence-electron chi connectivity index (χ2n) is 5.65. The number of thiophene rings is 1. The van der Waals surface area contributed by atoms with E-state index in [1.807, 2.05) is 10.3 Å². The number of rotatable bonds is 7. The zero-order chi connectivity index (χ0) is 15.4. The summed E-state index contributed by atoms with van der Waals surface area (Å²) in [5.74, 6) is 0.395. The minimum Gasteiger partial charge on any atom is -0.382 e. The number of amides is 1. The maximum absolute atomic E-state index is 12.7. The van der Waals surface area contributed by atoms with E-state index in [1.54, 1.807) is 25.6 Å². The molecule has 21 heavy (non-hydrogen) atoms. The van der Waals surface area contributed by atoms with Gasteiger partial charge in [-0.2, -0.15) is 11.3 Å². The molecule has 1 saturated heterocycles. The maximum Gasteiger partial charge on any atom is 0.241 e. The lowest BCUT2D eigenvalue weighted by molar-refractivity contribution is -0.133. The molecule has 0 aromatic carbocycles. The third-order valence-electron chi connectivity index (χ3n) is 3.81. The summed E-state index contributed by atoms with van der Waals surface area (Å²) in [5, 5.41) is 7.57. The van der Waals surface area contributed by atoms with E-state index >= 15 is 0 Å². The molecule has 5 nitrogen and oxygen atoms in total. The Morgan fingerprint density at radius 3 is 2.71 bits per heavy atom. The first-order valence-corrected chi connectivity index (χ1v) is 8.13. The first-order valence-electron chi connectivity index (χ1n) is 7.18. The fraction of sp³-hybridized carbons (Fsp3) is 0.667. The summed E-state index contributed by atoms with van der Waals surface area (Å²) >= 11 is 1.64. The molecule has 6 heteroatoms. The lowest BCUT2D eigenvalue weighted by Crippen LogP contribution is -2.40. The fourth-order valence-corrected chi connectivity index (χ4v) is 3.30. The molecule has 118 valence electrons. The Balaban J connectivity index is 2.18. The maximum atomic E-state index is 12.7. The number of ether oxygens (including phenoxy) is 2. The molecular weight excluding hydrogens is 288 g/mol. The van der Waals surface area contributed by atoms with Crippen LogP contribution in [0.4, 0.5) is 0 Å². The summed E-state index contributed by atoms with van der Waals surface area (Å²) in [5.41, 5.74) is 1.13. The van der Waals surface area contributed by atoms with Crippen LogP contribution in [0.3, 0.4) is 0 Å². The van der Waals surface area contributed by atoms with Crippen LogP contribution in [-0.4, -0.2) is 50.3 Å². The van der Waals surface area contributed by atoms with Crippen LogP contribution < -0.4 is 5.32 Å². The minimum absolute atomic E-state index is 0.0781. The number of hydrogen-bond acceptors (Lipinski definition) is 5. The van der Waals surface area contributed by atoms with E-state index in [0.29, 0.717) is 13.2 Å². The van der Waals surface area contributed by atoms with Gasteiger partial charge in [0.2, 0.25) is 5.91 Å². The van der Waals surface area contributed by atoms with Crippen LogP contribution in [0.5, 0.6) is 0 Å². The Bertz CT molecular complexity index is 450. The smallest absolute Gasteiger partial charge is 0.241 e. The van der Waals surface area contributed by atoms with Gasteiger partial charge in [0.05, 0.1) is 25.3 Å². The SMILES string of the molecule is COCC(CN1C(=O)C(C(C)C)NC1c1ccsc1)OC.